The molecule has 184 valence electrons. The van der Waals surface area contributed by atoms with Crippen molar-refractivity contribution in [3.63, 3.8) is 0 Å². The van der Waals surface area contributed by atoms with E-state index in [1.165, 1.54) is 23.2 Å². The fourth-order valence-corrected chi connectivity index (χ4v) is 4.40. The molecule has 3 aromatic rings. The molecule has 0 bridgehead atoms. The molecule has 0 aromatic heterocycles. The van der Waals surface area contributed by atoms with Crippen molar-refractivity contribution in [2.75, 3.05) is 11.6 Å². The monoisotopic (exact) mass is 615 g/mol. The zero-order valence-electron chi connectivity index (χ0n) is 18.9. The quantitative estimate of drug-likeness (QED) is 0.154. The number of hydrogen-bond acceptors (Lipinski definition) is 6. The number of halogens is 2. The zero-order valence-corrected chi connectivity index (χ0v) is 22.0. The highest BCUT2D eigenvalue weighted by atomic mass is 79.9. The molecule has 0 atom stereocenters. The maximum atomic E-state index is 13.0. The number of non-ortho nitro benzene ring substituents is 1. The summed E-state index contributed by atoms with van der Waals surface area (Å²) in [6, 6.07) is 16.5. The number of carbonyl (C=O) groups excluding carboxylic acids is 2. The van der Waals surface area contributed by atoms with Crippen LogP contribution in [0.4, 0.5) is 11.4 Å². The molecular formula is C25H19Br2N3O6. The minimum absolute atomic E-state index is 0.00797. The number of carbonyl (C=O) groups is 2. The molecule has 36 heavy (non-hydrogen) atoms. The molecule has 3 aromatic carbocycles. The summed E-state index contributed by atoms with van der Waals surface area (Å²) in [5.41, 5.74) is 4.34. The van der Waals surface area contributed by atoms with Crippen LogP contribution in [0.3, 0.4) is 0 Å². The number of nitrogens with one attached hydrogen (secondary N) is 1. The smallest absolute Gasteiger partial charge is 0.282 e. The lowest BCUT2D eigenvalue weighted by molar-refractivity contribution is -0.384. The second kappa shape index (κ2) is 10.9. The maximum absolute atomic E-state index is 13.0. The molecule has 11 heteroatoms. The summed E-state index contributed by atoms with van der Waals surface area (Å²) in [5.74, 6) is -0.210. The van der Waals surface area contributed by atoms with Gasteiger partial charge in [-0.1, -0.05) is 18.2 Å². The molecule has 1 saturated heterocycles. The fraction of sp³-hybridized carbons (Fsp3) is 0.120. The predicted octanol–water partition coefficient (Wildman–Crippen LogP) is 5.56. The van der Waals surface area contributed by atoms with Crippen LogP contribution in [0.25, 0.3) is 6.08 Å². The van der Waals surface area contributed by atoms with E-state index in [1.807, 2.05) is 13.0 Å². The van der Waals surface area contributed by atoms with Crippen molar-refractivity contribution in [1.82, 2.24) is 5.43 Å². The van der Waals surface area contributed by atoms with Gasteiger partial charge < -0.3 is 9.47 Å². The number of hydrogen-bond donors (Lipinski definition) is 1. The molecule has 0 unspecified atom stereocenters. The Labute approximate surface area is 223 Å². The molecule has 1 N–H and O–H groups in total. The average molecular weight is 617 g/mol. The highest BCUT2D eigenvalue weighted by molar-refractivity contribution is 9.13. The van der Waals surface area contributed by atoms with Gasteiger partial charge in [-0.05, 0) is 86.3 Å². The first-order valence-corrected chi connectivity index (χ1v) is 12.3. The van der Waals surface area contributed by atoms with Gasteiger partial charge in [0, 0.05) is 16.6 Å². The van der Waals surface area contributed by atoms with Gasteiger partial charge in [0.15, 0.2) is 11.5 Å². The van der Waals surface area contributed by atoms with Crippen molar-refractivity contribution in [3.8, 4) is 11.5 Å². The molecule has 1 heterocycles. The van der Waals surface area contributed by atoms with Crippen LogP contribution >= 0.6 is 31.9 Å². The van der Waals surface area contributed by atoms with Crippen LogP contribution < -0.4 is 19.9 Å². The lowest BCUT2D eigenvalue weighted by atomic mass is 10.1. The lowest BCUT2D eigenvalue weighted by Crippen LogP contribution is -2.35. The van der Waals surface area contributed by atoms with Gasteiger partial charge in [-0.25, -0.2) is 5.01 Å². The van der Waals surface area contributed by atoms with E-state index in [2.05, 4.69) is 37.3 Å². The van der Waals surface area contributed by atoms with Gasteiger partial charge in [0.1, 0.15) is 12.2 Å². The number of rotatable bonds is 8. The van der Waals surface area contributed by atoms with E-state index in [0.717, 1.165) is 5.56 Å². The Kier molecular flexibility index (Phi) is 7.70. The maximum Gasteiger partial charge on any atom is 0.282 e. The first kappa shape index (κ1) is 25.4. The van der Waals surface area contributed by atoms with E-state index in [0.29, 0.717) is 38.3 Å². The molecule has 0 saturated carbocycles. The Balaban J connectivity index is 1.63. The minimum atomic E-state index is -0.525. The molecule has 0 aliphatic carbocycles. The molecule has 1 aliphatic heterocycles. The Morgan fingerprint density at radius 3 is 2.36 bits per heavy atom. The molecule has 0 radical (unpaired) electrons. The van der Waals surface area contributed by atoms with Gasteiger partial charge in [-0.2, -0.15) is 0 Å². The first-order chi connectivity index (χ1) is 17.3. The van der Waals surface area contributed by atoms with Crippen LogP contribution in [-0.4, -0.2) is 23.3 Å². The summed E-state index contributed by atoms with van der Waals surface area (Å²) < 4.78 is 12.8. The fourth-order valence-electron chi connectivity index (χ4n) is 3.45. The summed E-state index contributed by atoms with van der Waals surface area (Å²) in [7, 11) is 0. The van der Waals surface area contributed by atoms with Crippen LogP contribution in [0.2, 0.25) is 0 Å². The van der Waals surface area contributed by atoms with Crippen molar-refractivity contribution >= 4 is 61.1 Å². The van der Waals surface area contributed by atoms with Gasteiger partial charge in [0.25, 0.3) is 17.5 Å². The summed E-state index contributed by atoms with van der Waals surface area (Å²) in [6.45, 7) is 2.30. The largest absolute Gasteiger partial charge is 0.490 e. The number of para-hydroxylation sites is 1. The van der Waals surface area contributed by atoms with Crippen molar-refractivity contribution in [2.24, 2.45) is 0 Å². The highest BCUT2D eigenvalue weighted by Gasteiger charge is 2.34. The van der Waals surface area contributed by atoms with Crippen LogP contribution in [0.1, 0.15) is 18.1 Å². The molecule has 1 aliphatic rings. The number of benzene rings is 3. The van der Waals surface area contributed by atoms with Gasteiger partial charge in [0.2, 0.25) is 0 Å². The topological polar surface area (TPSA) is 111 Å². The zero-order chi connectivity index (χ0) is 25.8. The highest BCUT2D eigenvalue weighted by Crippen LogP contribution is 2.44. The third kappa shape index (κ3) is 5.26. The Hall–Kier alpha value is -3.70. The van der Waals surface area contributed by atoms with E-state index in [4.69, 9.17) is 9.47 Å². The molecule has 2 amide bonds. The number of nitro benzene ring substituents is 1. The molecule has 0 spiro atoms. The van der Waals surface area contributed by atoms with E-state index in [9.17, 15) is 19.7 Å². The Morgan fingerprint density at radius 1 is 1.03 bits per heavy atom. The number of ether oxygens (including phenoxy) is 2. The third-order valence-electron chi connectivity index (χ3n) is 5.19. The van der Waals surface area contributed by atoms with Gasteiger partial charge in [-0.15, -0.1) is 0 Å². The second-order valence-corrected chi connectivity index (χ2v) is 9.13. The molecule has 1 fully saturated rings. The Bertz CT molecular complexity index is 1360. The average Bonchev–Trinajstić information content (AvgIpc) is 3.16. The molecule has 4 rings (SSSR count). The van der Waals surface area contributed by atoms with Gasteiger partial charge in [0.05, 0.1) is 21.7 Å². The summed E-state index contributed by atoms with van der Waals surface area (Å²) in [4.78, 5) is 36.0. The number of nitrogens with zero attached hydrogens (tertiary/aromatic N) is 2. The van der Waals surface area contributed by atoms with E-state index < -0.39 is 16.7 Å². The normalized spacial score (nSPS) is 14.2. The van der Waals surface area contributed by atoms with E-state index in [-0.39, 0.29) is 17.9 Å². The SMILES string of the molecule is CCOc1cc(/C=C2/C(=O)NN(c3ccccc3)C2=O)c(Br)c(Br)c1OCc1ccc([N+](=O)[O-])cc1. The number of hydrazine groups is 1. The van der Waals surface area contributed by atoms with Gasteiger partial charge in [-0.3, -0.25) is 25.1 Å². The third-order valence-corrected chi connectivity index (χ3v) is 7.33. The van der Waals surface area contributed by atoms with E-state index >= 15 is 0 Å². The molecular weight excluding hydrogens is 598 g/mol. The lowest BCUT2D eigenvalue weighted by Gasteiger charge is -2.17. The van der Waals surface area contributed by atoms with E-state index in [1.54, 1.807) is 42.5 Å². The van der Waals surface area contributed by atoms with Crippen molar-refractivity contribution in [3.05, 3.63) is 96.4 Å². The summed E-state index contributed by atoms with van der Waals surface area (Å²) in [6.07, 6.45) is 1.48. The van der Waals surface area contributed by atoms with Crippen molar-refractivity contribution < 1.29 is 24.0 Å². The van der Waals surface area contributed by atoms with Crippen LogP contribution in [-0.2, 0) is 16.2 Å². The molecule has 9 nitrogen and oxygen atoms in total. The van der Waals surface area contributed by atoms with Gasteiger partial charge >= 0.3 is 0 Å². The summed E-state index contributed by atoms with van der Waals surface area (Å²) in [5, 5.41) is 12.1. The number of anilines is 1. The van der Waals surface area contributed by atoms with Crippen LogP contribution in [0, 0.1) is 10.1 Å². The first-order valence-electron chi connectivity index (χ1n) is 10.7. The van der Waals surface area contributed by atoms with Crippen molar-refractivity contribution in [1.29, 1.82) is 0 Å². The Morgan fingerprint density at radius 2 is 1.72 bits per heavy atom. The standard InChI is InChI=1S/C25H19Br2N3O6/c1-2-35-20-13-16(12-19-24(31)28-29(25(19)32)17-6-4-3-5-7-17)21(26)22(27)23(20)36-14-15-8-10-18(11-9-15)30(33)34/h3-13H,2,14H2,1H3,(H,28,31)/b19-12-. The minimum Gasteiger partial charge on any atom is -0.490 e. The number of nitro groups is 1. The predicted molar refractivity (Wildman–Crippen MR) is 140 cm³/mol. The summed E-state index contributed by atoms with van der Waals surface area (Å²) >= 11 is 7.03. The van der Waals surface area contributed by atoms with Crippen molar-refractivity contribution in [2.45, 2.75) is 13.5 Å². The number of amides is 2. The van der Waals surface area contributed by atoms with Crippen LogP contribution in [0.5, 0.6) is 11.5 Å². The second-order valence-electron chi connectivity index (χ2n) is 7.54. The van der Waals surface area contributed by atoms with Crippen LogP contribution in [0.15, 0.2) is 75.2 Å².